The van der Waals surface area contributed by atoms with E-state index in [-0.39, 0.29) is 36.7 Å². The van der Waals surface area contributed by atoms with Gasteiger partial charge in [-0.3, -0.25) is 14.4 Å². The number of rotatable bonds is 9. The number of anilines is 2. The summed E-state index contributed by atoms with van der Waals surface area (Å²) in [5.41, 5.74) is 2.35. The van der Waals surface area contributed by atoms with Crippen molar-refractivity contribution < 1.29 is 19.1 Å². The molecular formula is C27H26ClN3O4. The Morgan fingerprint density at radius 1 is 0.971 bits per heavy atom. The minimum absolute atomic E-state index is 0.0963. The van der Waals surface area contributed by atoms with E-state index in [0.29, 0.717) is 35.2 Å². The summed E-state index contributed by atoms with van der Waals surface area (Å²) in [4.78, 5) is 38.8. The normalized spacial score (nSPS) is 15.1. The van der Waals surface area contributed by atoms with Crippen molar-refractivity contribution in [3.05, 3.63) is 89.4 Å². The molecule has 7 nitrogen and oxygen atoms in total. The van der Waals surface area contributed by atoms with Gasteiger partial charge in [0.1, 0.15) is 5.75 Å². The van der Waals surface area contributed by atoms with E-state index in [1.165, 1.54) is 0 Å². The molecule has 1 fully saturated rings. The van der Waals surface area contributed by atoms with Gasteiger partial charge in [0, 0.05) is 25.2 Å². The second kappa shape index (κ2) is 11.5. The molecule has 0 aliphatic carbocycles. The van der Waals surface area contributed by atoms with Gasteiger partial charge in [-0.05, 0) is 48.4 Å². The van der Waals surface area contributed by atoms with Crippen LogP contribution in [-0.2, 0) is 20.8 Å². The molecule has 1 aliphatic heterocycles. The molecule has 4 rings (SSSR count). The van der Waals surface area contributed by atoms with E-state index in [2.05, 4.69) is 10.6 Å². The standard InChI is InChI=1S/C27H26ClN3O4/c28-23-8-4-5-9-24(23)30-25(32)18-35-22-12-10-21(11-13-22)31-17-20(16-26(31)33)27(34)29-15-14-19-6-2-1-3-7-19/h1-13,20H,14-18H2,(H,29,34)(H,30,32)/t20-/m0/s1. The summed E-state index contributed by atoms with van der Waals surface area (Å²) in [6.07, 6.45) is 0.923. The molecule has 1 heterocycles. The molecule has 35 heavy (non-hydrogen) atoms. The van der Waals surface area contributed by atoms with Gasteiger partial charge in [0.25, 0.3) is 5.91 Å². The molecule has 0 bridgehead atoms. The molecule has 1 atom stereocenters. The zero-order chi connectivity index (χ0) is 24.6. The van der Waals surface area contributed by atoms with Crippen LogP contribution in [0.25, 0.3) is 0 Å². The van der Waals surface area contributed by atoms with Crippen LogP contribution in [0.1, 0.15) is 12.0 Å². The molecule has 8 heteroatoms. The van der Waals surface area contributed by atoms with Gasteiger partial charge < -0.3 is 20.3 Å². The van der Waals surface area contributed by atoms with Crippen molar-refractivity contribution in [2.45, 2.75) is 12.8 Å². The van der Waals surface area contributed by atoms with Crippen LogP contribution in [0.3, 0.4) is 0 Å². The van der Waals surface area contributed by atoms with E-state index >= 15 is 0 Å². The fourth-order valence-corrected chi connectivity index (χ4v) is 4.05. The maximum Gasteiger partial charge on any atom is 0.262 e. The summed E-state index contributed by atoms with van der Waals surface area (Å²) in [5.74, 6) is -0.437. The van der Waals surface area contributed by atoms with E-state index in [1.807, 2.05) is 30.3 Å². The molecule has 2 N–H and O–H groups in total. The highest BCUT2D eigenvalue weighted by Crippen LogP contribution is 2.27. The van der Waals surface area contributed by atoms with Crippen LogP contribution >= 0.6 is 11.6 Å². The quantitative estimate of drug-likeness (QED) is 0.472. The number of hydrogen-bond donors (Lipinski definition) is 2. The average Bonchev–Trinajstić information content (AvgIpc) is 3.27. The van der Waals surface area contributed by atoms with Crippen LogP contribution in [0.4, 0.5) is 11.4 Å². The smallest absolute Gasteiger partial charge is 0.262 e. The maximum atomic E-state index is 12.6. The molecule has 0 saturated carbocycles. The molecule has 1 aliphatic rings. The summed E-state index contributed by atoms with van der Waals surface area (Å²) in [5, 5.41) is 6.08. The third-order valence-electron chi connectivity index (χ3n) is 5.72. The van der Waals surface area contributed by atoms with Crippen LogP contribution in [0, 0.1) is 5.92 Å². The molecule has 3 amide bonds. The number of benzene rings is 3. The number of nitrogens with zero attached hydrogens (tertiary/aromatic N) is 1. The molecule has 0 unspecified atom stereocenters. The predicted molar refractivity (Wildman–Crippen MR) is 136 cm³/mol. The largest absolute Gasteiger partial charge is 0.484 e. The van der Waals surface area contributed by atoms with Crippen molar-refractivity contribution in [2.75, 3.05) is 29.9 Å². The summed E-state index contributed by atoms with van der Waals surface area (Å²) in [6, 6.07) is 23.8. The highest BCUT2D eigenvalue weighted by Gasteiger charge is 2.34. The Bertz CT molecular complexity index is 1180. The number of carbonyl (C=O) groups excluding carboxylic acids is 3. The van der Waals surface area contributed by atoms with E-state index in [4.69, 9.17) is 16.3 Å². The zero-order valence-electron chi connectivity index (χ0n) is 19.1. The molecule has 180 valence electrons. The van der Waals surface area contributed by atoms with Crippen molar-refractivity contribution in [1.29, 1.82) is 0 Å². The number of amides is 3. The van der Waals surface area contributed by atoms with Crippen molar-refractivity contribution in [3.63, 3.8) is 0 Å². The zero-order valence-corrected chi connectivity index (χ0v) is 19.8. The third kappa shape index (κ3) is 6.61. The maximum absolute atomic E-state index is 12.6. The van der Waals surface area contributed by atoms with Crippen LogP contribution in [0.2, 0.25) is 5.02 Å². The average molecular weight is 492 g/mol. The summed E-state index contributed by atoms with van der Waals surface area (Å²) in [6.45, 7) is 0.679. The molecule has 3 aromatic carbocycles. The van der Waals surface area contributed by atoms with E-state index in [9.17, 15) is 14.4 Å². The fourth-order valence-electron chi connectivity index (χ4n) is 3.87. The highest BCUT2D eigenvalue weighted by atomic mass is 35.5. The molecule has 0 radical (unpaired) electrons. The van der Waals surface area contributed by atoms with Gasteiger partial charge in [-0.2, -0.15) is 0 Å². The van der Waals surface area contributed by atoms with Crippen LogP contribution in [0.5, 0.6) is 5.75 Å². The Morgan fingerprint density at radius 3 is 2.43 bits per heavy atom. The van der Waals surface area contributed by atoms with Gasteiger partial charge >= 0.3 is 0 Å². The van der Waals surface area contributed by atoms with Crippen molar-refractivity contribution >= 4 is 40.7 Å². The number of halogens is 1. The van der Waals surface area contributed by atoms with Crippen molar-refractivity contribution in [3.8, 4) is 5.75 Å². The van der Waals surface area contributed by atoms with Gasteiger partial charge in [0.15, 0.2) is 6.61 Å². The first kappa shape index (κ1) is 24.3. The first-order valence-electron chi connectivity index (χ1n) is 11.4. The monoisotopic (exact) mass is 491 g/mol. The Kier molecular flexibility index (Phi) is 8.00. The third-order valence-corrected chi connectivity index (χ3v) is 6.05. The number of ether oxygens (including phenoxy) is 1. The van der Waals surface area contributed by atoms with Gasteiger partial charge in [0.05, 0.1) is 16.6 Å². The lowest BCUT2D eigenvalue weighted by atomic mass is 10.1. The van der Waals surface area contributed by atoms with Crippen LogP contribution in [0.15, 0.2) is 78.9 Å². The SMILES string of the molecule is O=C(COc1ccc(N2C[C@@H](C(=O)NCCc3ccccc3)CC2=O)cc1)Nc1ccccc1Cl. The van der Waals surface area contributed by atoms with E-state index in [1.54, 1.807) is 53.4 Å². The lowest BCUT2D eigenvalue weighted by Gasteiger charge is -2.17. The molecular weight excluding hydrogens is 466 g/mol. The van der Waals surface area contributed by atoms with Crippen LogP contribution in [-0.4, -0.2) is 37.4 Å². The summed E-state index contributed by atoms with van der Waals surface area (Å²) < 4.78 is 5.54. The number of para-hydroxylation sites is 1. The second-order valence-electron chi connectivity index (χ2n) is 8.24. The summed E-state index contributed by atoms with van der Waals surface area (Å²) in [7, 11) is 0. The Labute approximate surface area is 209 Å². The van der Waals surface area contributed by atoms with E-state index in [0.717, 1.165) is 12.0 Å². The first-order valence-corrected chi connectivity index (χ1v) is 11.8. The van der Waals surface area contributed by atoms with Crippen molar-refractivity contribution in [2.24, 2.45) is 5.92 Å². The molecule has 1 saturated heterocycles. The lowest BCUT2D eigenvalue weighted by Crippen LogP contribution is -2.34. The number of nitrogens with one attached hydrogen (secondary N) is 2. The number of carbonyl (C=O) groups is 3. The van der Waals surface area contributed by atoms with E-state index < -0.39 is 0 Å². The Morgan fingerprint density at radius 2 is 1.69 bits per heavy atom. The van der Waals surface area contributed by atoms with Crippen molar-refractivity contribution in [1.82, 2.24) is 5.32 Å². The predicted octanol–water partition coefficient (Wildman–Crippen LogP) is 4.07. The minimum Gasteiger partial charge on any atom is -0.484 e. The Balaban J connectivity index is 1.24. The first-order chi connectivity index (χ1) is 17.0. The lowest BCUT2D eigenvalue weighted by molar-refractivity contribution is -0.126. The van der Waals surface area contributed by atoms with Crippen LogP contribution < -0.4 is 20.3 Å². The van der Waals surface area contributed by atoms with Gasteiger partial charge in [-0.1, -0.05) is 54.1 Å². The topological polar surface area (TPSA) is 87.7 Å². The second-order valence-corrected chi connectivity index (χ2v) is 8.65. The minimum atomic E-state index is -0.386. The van der Waals surface area contributed by atoms with Gasteiger partial charge in [-0.25, -0.2) is 0 Å². The summed E-state index contributed by atoms with van der Waals surface area (Å²) >= 11 is 6.04. The van der Waals surface area contributed by atoms with Gasteiger partial charge in [0.2, 0.25) is 11.8 Å². The fraction of sp³-hybridized carbons (Fsp3) is 0.222. The van der Waals surface area contributed by atoms with Gasteiger partial charge in [-0.15, -0.1) is 0 Å². The molecule has 3 aromatic rings. The molecule has 0 aromatic heterocycles. The number of hydrogen-bond acceptors (Lipinski definition) is 4. The highest BCUT2D eigenvalue weighted by molar-refractivity contribution is 6.33. The Hall–Kier alpha value is -3.84. The molecule has 0 spiro atoms.